The Kier molecular flexibility index (Phi) is 4.29. The fourth-order valence-electron chi connectivity index (χ4n) is 1.38. The third-order valence-corrected chi connectivity index (χ3v) is 3.42. The van der Waals surface area contributed by atoms with E-state index in [-0.39, 0.29) is 0 Å². The zero-order valence-corrected chi connectivity index (χ0v) is 11.1. The van der Waals surface area contributed by atoms with E-state index in [1.54, 1.807) is 11.8 Å². The molecule has 0 spiro atoms. The lowest BCUT2D eigenvalue weighted by molar-refractivity contribution is 1.38. The van der Waals surface area contributed by atoms with Crippen molar-refractivity contribution in [2.24, 2.45) is 0 Å². The van der Waals surface area contributed by atoms with Crippen LogP contribution in [0.2, 0.25) is 5.02 Å². The second-order valence-electron chi connectivity index (χ2n) is 3.79. The molecule has 0 radical (unpaired) electrons. The minimum Gasteiger partial charge on any atom is -0.0981 e. The second-order valence-corrected chi connectivity index (χ2v) is 5.20. The van der Waals surface area contributed by atoms with Crippen molar-refractivity contribution in [3.63, 3.8) is 0 Å². The van der Waals surface area contributed by atoms with Crippen LogP contribution in [0.3, 0.4) is 0 Å². The molecule has 0 nitrogen and oxygen atoms in total. The van der Waals surface area contributed by atoms with Crippen LogP contribution in [-0.4, -0.2) is 0 Å². The van der Waals surface area contributed by atoms with Crippen molar-refractivity contribution in [2.45, 2.75) is 11.8 Å². The van der Waals surface area contributed by atoms with Crippen LogP contribution in [0.5, 0.6) is 0 Å². The van der Waals surface area contributed by atoms with E-state index in [9.17, 15) is 0 Å². The maximum atomic E-state index is 5.83. The van der Waals surface area contributed by atoms with Gasteiger partial charge in [0, 0.05) is 9.92 Å². The van der Waals surface area contributed by atoms with Gasteiger partial charge in [0.05, 0.1) is 0 Å². The Bertz CT molecular complexity index is 497. The van der Waals surface area contributed by atoms with Crippen LogP contribution in [0.1, 0.15) is 11.1 Å². The maximum absolute atomic E-state index is 5.83. The highest BCUT2D eigenvalue weighted by Gasteiger charge is 1.90. The number of aryl methyl sites for hydroxylation is 1. The SMILES string of the molecule is Cc1ccc(S/C=C\c2ccc(Cl)cc2)cc1. The molecule has 86 valence electrons. The van der Waals surface area contributed by atoms with Gasteiger partial charge in [0.2, 0.25) is 0 Å². The molecule has 0 atom stereocenters. The first kappa shape index (κ1) is 12.3. The van der Waals surface area contributed by atoms with Gasteiger partial charge in [-0.2, -0.15) is 0 Å². The van der Waals surface area contributed by atoms with Crippen molar-refractivity contribution >= 4 is 29.4 Å². The van der Waals surface area contributed by atoms with Crippen molar-refractivity contribution in [2.75, 3.05) is 0 Å². The Balaban J connectivity index is 1.97. The first-order valence-corrected chi connectivity index (χ1v) is 6.65. The van der Waals surface area contributed by atoms with Crippen molar-refractivity contribution in [3.8, 4) is 0 Å². The van der Waals surface area contributed by atoms with Gasteiger partial charge in [0.1, 0.15) is 0 Å². The zero-order chi connectivity index (χ0) is 12.1. The number of benzene rings is 2. The molecule has 0 unspecified atom stereocenters. The summed E-state index contributed by atoms with van der Waals surface area (Å²) in [6.45, 7) is 2.10. The maximum Gasteiger partial charge on any atom is 0.0406 e. The average Bonchev–Trinajstić information content (AvgIpc) is 2.34. The number of halogens is 1. The van der Waals surface area contributed by atoms with Crippen molar-refractivity contribution in [1.82, 2.24) is 0 Å². The summed E-state index contributed by atoms with van der Waals surface area (Å²) < 4.78 is 0. The molecule has 0 aliphatic carbocycles. The summed E-state index contributed by atoms with van der Waals surface area (Å²) in [5.74, 6) is 0. The molecular weight excluding hydrogens is 248 g/mol. The van der Waals surface area contributed by atoms with E-state index >= 15 is 0 Å². The summed E-state index contributed by atoms with van der Waals surface area (Å²) in [7, 11) is 0. The molecule has 0 amide bonds. The monoisotopic (exact) mass is 260 g/mol. The predicted molar refractivity (Wildman–Crippen MR) is 77.5 cm³/mol. The molecule has 2 heteroatoms. The van der Waals surface area contributed by atoms with Crippen LogP contribution in [-0.2, 0) is 0 Å². The van der Waals surface area contributed by atoms with E-state index in [4.69, 9.17) is 11.6 Å². The van der Waals surface area contributed by atoms with Crippen LogP contribution in [0.4, 0.5) is 0 Å². The van der Waals surface area contributed by atoms with Gasteiger partial charge in [-0.25, -0.2) is 0 Å². The Morgan fingerprint density at radius 3 is 2.24 bits per heavy atom. The van der Waals surface area contributed by atoms with Crippen molar-refractivity contribution in [1.29, 1.82) is 0 Å². The van der Waals surface area contributed by atoms with Crippen LogP contribution in [0, 0.1) is 6.92 Å². The summed E-state index contributed by atoms with van der Waals surface area (Å²) in [6, 6.07) is 16.3. The van der Waals surface area contributed by atoms with Gasteiger partial charge in [0.15, 0.2) is 0 Å². The molecule has 0 aromatic heterocycles. The smallest absolute Gasteiger partial charge is 0.0406 e. The Hall–Kier alpha value is -1.18. The van der Waals surface area contributed by atoms with Crippen LogP contribution in [0.15, 0.2) is 58.8 Å². The first-order valence-electron chi connectivity index (χ1n) is 5.39. The molecule has 0 saturated heterocycles. The predicted octanol–water partition coefficient (Wildman–Crippen LogP) is 5.41. The number of thioether (sulfide) groups is 1. The van der Waals surface area contributed by atoms with E-state index in [1.165, 1.54) is 10.5 Å². The highest BCUT2D eigenvalue weighted by molar-refractivity contribution is 8.02. The van der Waals surface area contributed by atoms with E-state index in [0.29, 0.717) is 0 Å². The Morgan fingerprint density at radius 1 is 0.941 bits per heavy atom. The molecule has 2 aromatic rings. The first-order chi connectivity index (χ1) is 8.24. The van der Waals surface area contributed by atoms with Crippen LogP contribution < -0.4 is 0 Å². The standard InChI is InChI=1S/C15H13ClS/c1-12-2-8-15(9-3-12)17-11-10-13-4-6-14(16)7-5-13/h2-11H,1H3/b11-10-. The average molecular weight is 261 g/mol. The van der Waals surface area contributed by atoms with Gasteiger partial charge < -0.3 is 0 Å². The van der Waals surface area contributed by atoms with Crippen LogP contribution >= 0.6 is 23.4 Å². The lowest BCUT2D eigenvalue weighted by Gasteiger charge is -1.97. The van der Waals surface area contributed by atoms with Gasteiger partial charge in [0.25, 0.3) is 0 Å². The summed E-state index contributed by atoms with van der Waals surface area (Å²) >= 11 is 7.54. The number of hydrogen-bond donors (Lipinski definition) is 0. The fourth-order valence-corrected chi connectivity index (χ4v) is 2.18. The van der Waals surface area contributed by atoms with Gasteiger partial charge in [-0.05, 0) is 48.2 Å². The van der Waals surface area contributed by atoms with E-state index < -0.39 is 0 Å². The molecule has 0 aliphatic rings. The molecule has 2 aromatic carbocycles. The molecule has 0 aliphatic heterocycles. The normalized spacial score (nSPS) is 10.9. The van der Waals surface area contributed by atoms with E-state index in [1.807, 2.05) is 24.3 Å². The Labute approximate surface area is 111 Å². The number of hydrogen-bond acceptors (Lipinski definition) is 1. The molecule has 0 heterocycles. The molecule has 0 fully saturated rings. The van der Waals surface area contributed by atoms with Gasteiger partial charge in [-0.3, -0.25) is 0 Å². The third kappa shape index (κ3) is 3.95. The quantitative estimate of drug-likeness (QED) is 0.665. The minimum atomic E-state index is 0.772. The molecule has 17 heavy (non-hydrogen) atoms. The van der Waals surface area contributed by atoms with Gasteiger partial charge in [-0.15, -0.1) is 0 Å². The lowest BCUT2D eigenvalue weighted by Crippen LogP contribution is -1.72. The topological polar surface area (TPSA) is 0 Å². The summed E-state index contributed by atoms with van der Waals surface area (Å²) in [6.07, 6.45) is 2.08. The van der Waals surface area contributed by atoms with Crippen molar-refractivity contribution < 1.29 is 0 Å². The highest BCUT2D eigenvalue weighted by atomic mass is 35.5. The van der Waals surface area contributed by atoms with Crippen LogP contribution in [0.25, 0.3) is 6.08 Å². The molecule has 0 N–H and O–H groups in total. The van der Waals surface area contributed by atoms with E-state index in [2.05, 4.69) is 42.7 Å². The number of rotatable bonds is 3. The summed E-state index contributed by atoms with van der Waals surface area (Å²) in [5.41, 5.74) is 2.45. The highest BCUT2D eigenvalue weighted by Crippen LogP contribution is 2.21. The van der Waals surface area contributed by atoms with E-state index in [0.717, 1.165) is 10.6 Å². The fraction of sp³-hybridized carbons (Fsp3) is 0.0667. The van der Waals surface area contributed by atoms with Crippen molar-refractivity contribution in [3.05, 3.63) is 70.1 Å². The minimum absolute atomic E-state index is 0.772. The van der Waals surface area contributed by atoms with Gasteiger partial charge in [-0.1, -0.05) is 53.2 Å². The van der Waals surface area contributed by atoms with Gasteiger partial charge >= 0.3 is 0 Å². The molecule has 0 bridgehead atoms. The Morgan fingerprint density at radius 2 is 1.59 bits per heavy atom. The summed E-state index contributed by atoms with van der Waals surface area (Å²) in [5, 5.41) is 2.86. The lowest BCUT2D eigenvalue weighted by atomic mass is 10.2. The molecule has 2 rings (SSSR count). The summed E-state index contributed by atoms with van der Waals surface area (Å²) in [4.78, 5) is 1.25. The second kappa shape index (κ2) is 5.95. The molecular formula is C15H13ClS. The third-order valence-electron chi connectivity index (χ3n) is 2.36. The zero-order valence-electron chi connectivity index (χ0n) is 9.56. The molecule has 0 saturated carbocycles. The largest absolute Gasteiger partial charge is 0.0981 e.